The lowest BCUT2D eigenvalue weighted by Crippen LogP contribution is -2.28. The maximum atomic E-state index is 14.0. The number of nitrogens with zero attached hydrogens (tertiary/aromatic N) is 8. The molecule has 3 atom stereocenters. The van der Waals surface area contributed by atoms with Crippen molar-refractivity contribution in [2.24, 2.45) is 23.9 Å². The van der Waals surface area contributed by atoms with Gasteiger partial charge in [-0.3, -0.25) is 4.79 Å². The highest BCUT2D eigenvalue weighted by atomic mass is 19.1. The van der Waals surface area contributed by atoms with Gasteiger partial charge in [0.1, 0.15) is 6.54 Å². The van der Waals surface area contributed by atoms with Crippen LogP contribution in [0, 0.1) is 17.7 Å². The number of rotatable bonds is 6. The van der Waals surface area contributed by atoms with Gasteiger partial charge in [-0.15, -0.1) is 0 Å². The van der Waals surface area contributed by atoms with Crippen molar-refractivity contribution in [3.8, 4) is 0 Å². The van der Waals surface area contributed by atoms with Crippen molar-refractivity contribution in [3.05, 3.63) is 47.9 Å². The molecule has 3 aromatic heterocycles. The Balaban J connectivity index is 1.22. The molecule has 0 spiro atoms. The van der Waals surface area contributed by atoms with E-state index in [1.54, 1.807) is 30.9 Å². The molecule has 1 amide bonds. The van der Waals surface area contributed by atoms with Crippen LogP contribution in [0.15, 0.2) is 34.2 Å². The highest BCUT2D eigenvalue weighted by molar-refractivity contribution is 5.96. The van der Waals surface area contributed by atoms with Crippen LogP contribution in [0.2, 0.25) is 0 Å². The molecule has 11 heteroatoms. The summed E-state index contributed by atoms with van der Waals surface area (Å²) in [4.78, 5) is 32.7. The van der Waals surface area contributed by atoms with Gasteiger partial charge in [-0.2, -0.15) is 4.98 Å². The maximum Gasteiger partial charge on any atom is 0.274 e. The number of pyridine rings is 1. The van der Waals surface area contributed by atoms with Crippen LogP contribution in [-0.4, -0.2) is 62.3 Å². The number of carbonyl (C=O) groups excluding carboxylic acids is 1. The van der Waals surface area contributed by atoms with E-state index in [2.05, 4.69) is 31.8 Å². The molecular formula is C20H21FN8O2. The molecule has 0 bridgehead atoms. The van der Waals surface area contributed by atoms with E-state index in [1.807, 2.05) is 4.90 Å². The molecule has 0 N–H and O–H groups in total. The molecule has 3 aromatic rings. The number of hydrogen-bond acceptors (Lipinski definition) is 8. The van der Waals surface area contributed by atoms with Gasteiger partial charge in [0.15, 0.2) is 29.0 Å². The fourth-order valence-electron chi connectivity index (χ4n) is 4.40. The predicted molar refractivity (Wildman–Crippen MR) is 109 cm³/mol. The van der Waals surface area contributed by atoms with E-state index in [4.69, 9.17) is 4.52 Å². The Kier molecular flexibility index (Phi) is 4.53. The Morgan fingerprint density at radius 2 is 2.16 bits per heavy atom. The SMILES string of the molecule is C=Nc1ncn(C)c1C(=O)N(C)Cc1nc([C@H]2[C@@H]3CN(c4ncccc4F)C[C@@H]32)no1. The number of halogens is 1. The van der Waals surface area contributed by atoms with E-state index < -0.39 is 0 Å². The van der Waals surface area contributed by atoms with Gasteiger partial charge in [0.05, 0.1) is 6.33 Å². The van der Waals surface area contributed by atoms with Crippen molar-refractivity contribution >= 4 is 24.3 Å². The van der Waals surface area contributed by atoms with Crippen LogP contribution >= 0.6 is 0 Å². The minimum atomic E-state index is -0.307. The lowest BCUT2D eigenvalue weighted by molar-refractivity contribution is 0.0761. The summed E-state index contributed by atoms with van der Waals surface area (Å²) in [6.45, 7) is 5.04. The average molecular weight is 424 g/mol. The van der Waals surface area contributed by atoms with E-state index in [0.717, 1.165) is 0 Å². The van der Waals surface area contributed by atoms with Crippen molar-refractivity contribution in [2.45, 2.75) is 12.5 Å². The van der Waals surface area contributed by atoms with E-state index in [-0.39, 0.29) is 30.0 Å². The second kappa shape index (κ2) is 7.25. The minimum Gasteiger partial charge on any atom is -0.354 e. The van der Waals surface area contributed by atoms with Crippen molar-refractivity contribution in [1.82, 2.24) is 29.6 Å². The molecule has 4 heterocycles. The summed E-state index contributed by atoms with van der Waals surface area (Å²) in [5, 5.41) is 4.12. The van der Waals surface area contributed by atoms with Crippen LogP contribution in [0.1, 0.15) is 28.1 Å². The van der Waals surface area contributed by atoms with E-state index in [0.29, 0.717) is 48.2 Å². The van der Waals surface area contributed by atoms with Gasteiger partial charge in [-0.1, -0.05) is 5.16 Å². The summed E-state index contributed by atoms with van der Waals surface area (Å²) in [6.07, 6.45) is 3.12. The third-order valence-electron chi connectivity index (χ3n) is 6.00. The van der Waals surface area contributed by atoms with Crippen LogP contribution < -0.4 is 4.90 Å². The number of hydrogen-bond donors (Lipinski definition) is 0. The minimum absolute atomic E-state index is 0.168. The molecule has 1 aliphatic heterocycles. The number of piperidine rings is 1. The molecule has 2 fully saturated rings. The van der Waals surface area contributed by atoms with Gasteiger partial charge in [0.25, 0.3) is 5.91 Å². The largest absolute Gasteiger partial charge is 0.354 e. The maximum absolute atomic E-state index is 14.0. The van der Waals surface area contributed by atoms with Gasteiger partial charge in [-0.25, -0.2) is 19.4 Å². The third kappa shape index (κ3) is 3.25. The molecule has 0 aromatic carbocycles. The highest BCUT2D eigenvalue weighted by Gasteiger charge is 2.59. The molecule has 1 saturated heterocycles. The third-order valence-corrected chi connectivity index (χ3v) is 6.00. The smallest absolute Gasteiger partial charge is 0.274 e. The summed E-state index contributed by atoms with van der Waals surface area (Å²) < 4.78 is 21.0. The lowest BCUT2D eigenvalue weighted by atomic mass is 10.2. The number of aliphatic imine (C=N–C) groups is 1. The second-order valence-corrected chi connectivity index (χ2v) is 7.96. The summed E-state index contributed by atoms with van der Waals surface area (Å²) in [6, 6.07) is 3.01. The quantitative estimate of drug-likeness (QED) is 0.556. The second-order valence-electron chi connectivity index (χ2n) is 7.96. The number of anilines is 1. The number of imidazole rings is 1. The van der Waals surface area contributed by atoms with Crippen LogP contribution in [-0.2, 0) is 13.6 Å². The standard InChI is InChI=1S/C20H21FN8O2/c1-22-18-16(28(3)10-24-18)20(30)27(2)9-14-25-17(26-31-14)15-11-7-29(8-12(11)15)19-13(21)5-4-6-23-19/h4-6,10-12,15H,1,7-9H2,2-3H3/t11-,12+,15+. The van der Waals surface area contributed by atoms with Crippen molar-refractivity contribution in [3.63, 3.8) is 0 Å². The van der Waals surface area contributed by atoms with Gasteiger partial charge in [0, 0.05) is 39.3 Å². The summed E-state index contributed by atoms with van der Waals surface area (Å²) >= 11 is 0. The topological polar surface area (TPSA) is 106 Å². The Labute approximate surface area is 177 Å². The molecule has 5 rings (SSSR count). The normalized spacial score (nSPS) is 21.8. The Morgan fingerprint density at radius 1 is 1.39 bits per heavy atom. The van der Waals surface area contributed by atoms with Crippen LogP contribution in [0.3, 0.4) is 0 Å². The Morgan fingerprint density at radius 3 is 2.87 bits per heavy atom. The molecule has 10 nitrogen and oxygen atoms in total. The molecule has 0 unspecified atom stereocenters. The molecule has 1 aliphatic carbocycles. The van der Waals surface area contributed by atoms with Crippen molar-refractivity contribution in [1.29, 1.82) is 0 Å². The first-order valence-electron chi connectivity index (χ1n) is 9.89. The first-order chi connectivity index (χ1) is 15.0. The van der Waals surface area contributed by atoms with Crippen LogP contribution in [0.4, 0.5) is 16.0 Å². The van der Waals surface area contributed by atoms with E-state index >= 15 is 0 Å². The number of carbonyl (C=O) groups is 1. The van der Waals surface area contributed by atoms with Gasteiger partial charge in [-0.05, 0) is 30.7 Å². The lowest BCUT2D eigenvalue weighted by Gasteiger charge is -2.20. The molecule has 0 radical (unpaired) electrons. The molecule has 1 saturated carbocycles. The molecular weight excluding hydrogens is 403 g/mol. The zero-order valence-electron chi connectivity index (χ0n) is 17.1. The fraction of sp³-hybridized carbons (Fsp3) is 0.400. The fourth-order valence-corrected chi connectivity index (χ4v) is 4.40. The molecule has 160 valence electrons. The molecule has 2 aliphatic rings. The number of amides is 1. The number of aromatic nitrogens is 5. The van der Waals surface area contributed by atoms with E-state index in [9.17, 15) is 9.18 Å². The predicted octanol–water partition coefficient (Wildman–Crippen LogP) is 1.79. The zero-order valence-corrected chi connectivity index (χ0v) is 17.1. The Bertz CT molecular complexity index is 1150. The summed E-state index contributed by atoms with van der Waals surface area (Å²) in [5.41, 5.74) is 0.343. The zero-order chi connectivity index (χ0) is 21.7. The van der Waals surface area contributed by atoms with Crippen LogP contribution in [0.25, 0.3) is 0 Å². The van der Waals surface area contributed by atoms with Gasteiger partial charge < -0.3 is 18.9 Å². The molecule has 31 heavy (non-hydrogen) atoms. The highest BCUT2D eigenvalue weighted by Crippen LogP contribution is 2.57. The first-order valence-corrected chi connectivity index (χ1v) is 9.89. The summed E-state index contributed by atoms with van der Waals surface area (Å²) in [7, 11) is 3.37. The monoisotopic (exact) mass is 424 g/mol. The van der Waals surface area contributed by atoms with Gasteiger partial charge >= 0.3 is 0 Å². The van der Waals surface area contributed by atoms with Crippen LogP contribution in [0.5, 0.6) is 0 Å². The van der Waals surface area contributed by atoms with Crippen molar-refractivity contribution in [2.75, 3.05) is 25.0 Å². The first kappa shape index (κ1) is 19.3. The number of fused-ring (bicyclic) bond motifs is 1. The van der Waals surface area contributed by atoms with E-state index in [1.165, 1.54) is 17.3 Å². The average Bonchev–Trinajstić information content (AvgIpc) is 3.18. The van der Waals surface area contributed by atoms with Gasteiger partial charge in [0.2, 0.25) is 5.89 Å². The van der Waals surface area contributed by atoms with Crippen molar-refractivity contribution < 1.29 is 13.7 Å². The summed E-state index contributed by atoms with van der Waals surface area (Å²) in [5.74, 6) is 1.99. The number of aryl methyl sites for hydroxylation is 1. The Hall–Kier alpha value is -3.63.